The van der Waals surface area contributed by atoms with Crippen LogP contribution in [0.2, 0.25) is 0 Å². The Bertz CT molecular complexity index is 653. The van der Waals surface area contributed by atoms with Crippen LogP contribution >= 0.6 is 11.8 Å². The molecule has 3 N–H and O–H groups in total. The number of amides is 1. The van der Waals surface area contributed by atoms with Crippen molar-refractivity contribution in [3.8, 4) is 0 Å². The molecule has 1 saturated carbocycles. The third-order valence-electron chi connectivity index (χ3n) is 4.07. The van der Waals surface area contributed by atoms with E-state index in [-0.39, 0.29) is 5.54 Å². The number of ether oxygens (including phenoxy) is 1. The molecule has 0 saturated heterocycles. The average Bonchev–Trinajstić information content (AvgIpc) is 3.11. The molecule has 124 valence electrons. The molecule has 2 aliphatic rings. The van der Waals surface area contributed by atoms with Gasteiger partial charge < -0.3 is 10.5 Å². The van der Waals surface area contributed by atoms with Crippen molar-refractivity contribution in [2.45, 2.75) is 44.8 Å². The summed E-state index contributed by atoms with van der Waals surface area (Å²) in [4.78, 5) is 16.9. The summed E-state index contributed by atoms with van der Waals surface area (Å²) >= 11 is 1.58. The maximum Gasteiger partial charge on any atom is 0.413 e. The van der Waals surface area contributed by atoms with Gasteiger partial charge in [-0.05, 0) is 57.2 Å². The first-order chi connectivity index (χ1) is 10.8. The highest BCUT2D eigenvalue weighted by Crippen LogP contribution is 2.59. The molecular formula is C17H23N3O2S. The van der Waals surface area contributed by atoms with Crippen LogP contribution in [-0.4, -0.2) is 22.6 Å². The molecule has 1 aromatic carbocycles. The number of fused-ring (bicyclic) bond motifs is 1. The molecular weight excluding hydrogens is 310 g/mol. The van der Waals surface area contributed by atoms with E-state index < -0.39 is 11.7 Å². The second-order valence-electron chi connectivity index (χ2n) is 7.13. The second kappa shape index (κ2) is 5.74. The van der Waals surface area contributed by atoms with E-state index >= 15 is 0 Å². The Labute approximate surface area is 141 Å². The number of aliphatic imine (C=N–C) groups is 1. The molecule has 1 amide bonds. The Balaban J connectivity index is 1.81. The van der Waals surface area contributed by atoms with Gasteiger partial charge in [-0.25, -0.2) is 4.79 Å². The Kier molecular flexibility index (Phi) is 4.04. The van der Waals surface area contributed by atoms with Crippen molar-refractivity contribution in [3.05, 3.63) is 29.8 Å². The van der Waals surface area contributed by atoms with Crippen LogP contribution in [0.25, 0.3) is 0 Å². The van der Waals surface area contributed by atoms with E-state index in [0.717, 1.165) is 29.8 Å². The summed E-state index contributed by atoms with van der Waals surface area (Å²) in [6.07, 6.45) is 1.64. The number of amidine groups is 1. The van der Waals surface area contributed by atoms with Crippen LogP contribution in [0.1, 0.15) is 39.2 Å². The highest BCUT2D eigenvalue weighted by molar-refractivity contribution is 8.13. The molecule has 23 heavy (non-hydrogen) atoms. The summed E-state index contributed by atoms with van der Waals surface area (Å²) in [5.41, 5.74) is 7.05. The zero-order valence-electron chi connectivity index (χ0n) is 13.8. The monoisotopic (exact) mass is 333 g/mol. The Hall–Kier alpha value is -1.69. The van der Waals surface area contributed by atoms with Crippen molar-refractivity contribution < 1.29 is 9.53 Å². The summed E-state index contributed by atoms with van der Waals surface area (Å²) in [5, 5.41) is 3.44. The summed E-state index contributed by atoms with van der Waals surface area (Å²) in [7, 11) is 0. The molecule has 5 nitrogen and oxygen atoms in total. The molecule has 1 heterocycles. The van der Waals surface area contributed by atoms with Gasteiger partial charge in [-0.15, -0.1) is 0 Å². The number of nitrogen functional groups attached to an aromatic ring is 1. The van der Waals surface area contributed by atoms with E-state index in [9.17, 15) is 4.79 Å². The van der Waals surface area contributed by atoms with Gasteiger partial charge >= 0.3 is 6.09 Å². The minimum absolute atomic E-state index is 0.233. The van der Waals surface area contributed by atoms with Crippen LogP contribution in [-0.2, 0) is 10.3 Å². The number of nitrogens with one attached hydrogen (secondary N) is 1. The van der Waals surface area contributed by atoms with Gasteiger partial charge in [-0.2, -0.15) is 0 Å². The molecule has 2 unspecified atom stereocenters. The van der Waals surface area contributed by atoms with E-state index in [2.05, 4.69) is 11.4 Å². The predicted octanol–water partition coefficient (Wildman–Crippen LogP) is 3.50. The van der Waals surface area contributed by atoms with Crippen molar-refractivity contribution in [1.29, 1.82) is 0 Å². The zero-order valence-corrected chi connectivity index (χ0v) is 14.6. The second-order valence-corrected chi connectivity index (χ2v) is 8.22. The Morgan fingerprint density at radius 2 is 2.26 bits per heavy atom. The van der Waals surface area contributed by atoms with E-state index in [1.165, 1.54) is 0 Å². The summed E-state index contributed by atoms with van der Waals surface area (Å²) in [6.45, 7) is 5.54. The van der Waals surface area contributed by atoms with Gasteiger partial charge in [0.15, 0.2) is 5.17 Å². The molecule has 0 spiro atoms. The van der Waals surface area contributed by atoms with Gasteiger partial charge in [-0.1, -0.05) is 23.9 Å². The standard InChI is InChI=1S/C17H23N3O2S/c1-16(2,3)22-15(21)19-14-20-17(10-12(17)7-8-23-14)11-5-4-6-13(18)9-11/h4-6,9,12H,7-8,10,18H2,1-3H3,(H,19,20,21). The molecule has 1 aliphatic heterocycles. The Morgan fingerprint density at radius 3 is 2.96 bits per heavy atom. The minimum atomic E-state index is -0.520. The van der Waals surface area contributed by atoms with Crippen LogP contribution in [0.5, 0.6) is 0 Å². The number of rotatable bonds is 1. The molecule has 1 aromatic rings. The molecule has 0 aromatic heterocycles. The molecule has 6 heteroatoms. The molecule has 3 rings (SSSR count). The SMILES string of the molecule is CC(C)(C)OC(=O)NC1=NC2(c3cccc(N)c3)CC2CCS1. The number of thioether (sulfide) groups is 1. The van der Waals surface area contributed by atoms with Crippen LogP contribution in [0.15, 0.2) is 29.3 Å². The fourth-order valence-corrected chi connectivity index (χ4v) is 3.97. The number of hydrogen-bond donors (Lipinski definition) is 2. The highest BCUT2D eigenvalue weighted by Gasteiger charge is 2.56. The molecule has 2 atom stereocenters. The third-order valence-corrected chi connectivity index (χ3v) is 4.98. The van der Waals surface area contributed by atoms with Crippen molar-refractivity contribution in [2.24, 2.45) is 10.9 Å². The highest BCUT2D eigenvalue weighted by atomic mass is 32.2. The lowest BCUT2D eigenvalue weighted by molar-refractivity contribution is 0.0564. The van der Waals surface area contributed by atoms with E-state index in [1.807, 2.05) is 39.0 Å². The van der Waals surface area contributed by atoms with E-state index in [4.69, 9.17) is 15.5 Å². The van der Waals surface area contributed by atoms with E-state index in [1.54, 1.807) is 11.8 Å². The number of carbonyl (C=O) groups is 1. The number of anilines is 1. The van der Waals surface area contributed by atoms with Crippen molar-refractivity contribution in [3.63, 3.8) is 0 Å². The van der Waals surface area contributed by atoms with Crippen molar-refractivity contribution in [2.75, 3.05) is 11.5 Å². The molecule has 1 fully saturated rings. The lowest BCUT2D eigenvalue weighted by Crippen LogP contribution is -2.35. The lowest BCUT2D eigenvalue weighted by Gasteiger charge is -2.20. The van der Waals surface area contributed by atoms with Gasteiger partial charge in [0.2, 0.25) is 0 Å². The first-order valence-corrected chi connectivity index (χ1v) is 8.86. The topological polar surface area (TPSA) is 76.7 Å². The predicted molar refractivity (Wildman–Crippen MR) is 94.5 cm³/mol. The van der Waals surface area contributed by atoms with Crippen LogP contribution in [0.3, 0.4) is 0 Å². The number of carbonyl (C=O) groups excluding carboxylic acids is 1. The van der Waals surface area contributed by atoms with Crippen LogP contribution < -0.4 is 11.1 Å². The van der Waals surface area contributed by atoms with E-state index in [0.29, 0.717) is 11.1 Å². The number of nitrogens with zero attached hydrogens (tertiary/aromatic N) is 1. The van der Waals surface area contributed by atoms with Crippen LogP contribution in [0, 0.1) is 5.92 Å². The third kappa shape index (κ3) is 3.63. The van der Waals surface area contributed by atoms with Crippen LogP contribution in [0.4, 0.5) is 10.5 Å². The van der Waals surface area contributed by atoms with Gasteiger partial charge in [0.05, 0.1) is 5.54 Å². The van der Waals surface area contributed by atoms with Gasteiger partial charge in [0, 0.05) is 11.4 Å². The molecule has 0 radical (unpaired) electrons. The first-order valence-electron chi connectivity index (χ1n) is 7.87. The maximum atomic E-state index is 12.0. The zero-order chi connectivity index (χ0) is 16.7. The smallest absolute Gasteiger partial charge is 0.413 e. The van der Waals surface area contributed by atoms with Gasteiger partial charge in [-0.3, -0.25) is 10.3 Å². The first kappa shape index (κ1) is 16.2. The summed E-state index contributed by atoms with van der Waals surface area (Å²) in [5.74, 6) is 1.47. The summed E-state index contributed by atoms with van der Waals surface area (Å²) in [6, 6.07) is 7.90. The van der Waals surface area contributed by atoms with Crippen molar-refractivity contribution >= 4 is 28.7 Å². The van der Waals surface area contributed by atoms with Gasteiger partial charge in [0.1, 0.15) is 5.60 Å². The molecule has 1 aliphatic carbocycles. The number of nitrogens with two attached hydrogens (primary N) is 1. The maximum absolute atomic E-state index is 12.0. The lowest BCUT2D eigenvalue weighted by atomic mass is 10.0. The average molecular weight is 333 g/mol. The quantitative estimate of drug-likeness (QED) is 0.771. The number of benzene rings is 1. The number of hydrogen-bond acceptors (Lipinski definition) is 5. The fourth-order valence-electron chi connectivity index (χ4n) is 2.99. The normalized spacial score (nSPS) is 26.6. The fraction of sp³-hybridized carbons (Fsp3) is 0.529. The minimum Gasteiger partial charge on any atom is -0.444 e. The Morgan fingerprint density at radius 1 is 1.48 bits per heavy atom. The number of alkyl carbamates (subject to hydrolysis) is 1. The summed E-state index contributed by atoms with van der Waals surface area (Å²) < 4.78 is 5.32. The van der Waals surface area contributed by atoms with Crippen molar-refractivity contribution in [1.82, 2.24) is 5.32 Å². The van der Waals surface area contributed by atoms with Gasteiger partial charge in [0.25, 0.3) is 0 Å². The largest absolute Gasteiger partial charge is 0.444 e. The molecule has 0 bridgehead atoms.